The summed E-state index contributed by atoms with van der Waals surface area (Å²) in [5.74, 6) is 3.07. The van der Waals surface area contributed by atoms with Crippen LogP contribution in [0.1, 0.15) is 43.1 Å². The first-order valence-corrected chi connectivity index (χ1v) is 6.95. The van der Waals surface area contributed by atoms with Crippen molar-refractivity contribution in [2.45, 2.75) is 32.9 Å². The van der Waals surface area contributed by atoms with Crippen molar-refractivity contribution in [2.24, 2.45) is 0 Å². The Kier molecular flexibility index (Phi) is 4.85. The number of nitrogens with one attached hydrogen (secondary N) is 1. The van der Waals surface area contributed by atoms with E-state index < -0.39 is 0 Å². The minimum absolute atomic E-state index is 0.0144. The minimum atomic E-state index is 0.0144. The van der Waals surface area contributed by atoms with E-state index in [1.165, 1.54) is 0 Å². The lowest BCUT2D eigenvalue weighted by molar-refractivity contribution is 0.363. The number of nitrogens with zero attached hydrogens (tertiary/aromatic N) is 1. The number of benzene rings is 1. The van der Waals surface area contributed by atoms with Crippen LogP contribution in [-0.4, -0.2) is 19.2 Å². The lowest BCUT2D eigenvalue weighted by Crippen LogP contribution is -2.23. The lowest BCUT2D eigenvalue weighted by atomic mass is 10.1. The van der Waals surface area contributed by atoms with E-state index in [0.717, 1.165) is 22.8 Å². The fraction of sp³-hybridized carbons (Fsp3) is 0.438. The van der Waals surface area contributed by atoms with Crippen molar-refractivity contribution in [3.63, 3.8) is 0 Å². The molecule has 21 heavy (non-hydrogen) atoms. The molecular formula is C16H22N2O3. The fourth-order valence-electron chi connectivity index (χ4n) is 2.28. The van der Waals surface area contributed by atoms with E-state index in [2.05, 4.69) is 17.2 Å². The topological polar surface area (TPSA) is 56.5 Å². The molecule has 2 rings (SSSR count). The summed E-state index contributed by atoms with van der Waals surface area (Å²) in [4.78, 5) is 4.25. The molecule has 114 valence electrons. The molecule has 0 saturated carbocycles. The normalized spacial score (nSPS) is 13.8. The molecule has 0 saturated heterocycles. The highest BCUT2D eigenvalue weighted by atomic mass is 16.5. The summed E-state index contributed by atoms with van der Waals surface area (Å²) < 4.78 is 16.2. The van der Waals surface area contributed by atoms with E-state index in [9.17, 15) is 0 Å². The van der Waals surface area contributed by atoms with Crippen LogP contribution in [0.5, 0.6) is 11.5 Å². The average Bonchev–Trinajstić information content (AvgIpc) is 2.93. The van der Waals surface area contributed by atoms with Crippen LogP contribution in [-0.2, 0) is 0 Å². The molecule has 0 aliphatic heterocycles. The van der Waals surface area contributed by atoms with Crippen LogP contribution in [0.25, 0.3) is 0 Å². The first kappa shape index (κ1) is 15.4. The van der Waals surface area contributed by atoms with Gasteiger partial charge in [0, 0.05) is 17.7 Å². The number of rotatable bonds is 6. The Hall–Kier alpha value is -2.01. The highest BCUT2D eigenvalue weighted by molar-refractivity contribution is 5.42. The van der Waals surface area contributed by atoms with Gasteiger partial charge < -0.3 is 13.9 Å². The molecule has 5 heteroatoms. The van der Waals surface area contributed by atoms with Gasteiger partial charge in [-0.05, 0) is 26.8 Å². The van der Waals surface area contributed by atoms with E-state index in [4.69, 9.17) is 13.9 Å². The zero-order valence-electron chi connectivity index (χ0n) is 13.1. The molecule has 0 radical (unpaired) electrons. The SMILES string of the molecule is COc1ccc(C(C)NC(C)c2ncc(C)o2)c(OC)c1. The standard InChI is InChI=1S/C16H22N2O3/c1-10-9-17-16(21-10)12(3)18-11(2)14-7-6-13(19-4)8-15(14)20-5/h6-9,11-12,18H,1-5H3. The number of oxazole rings is 1. The number of methoxy groups -OCH3 is 2. The third-order valence-electron chi connectivity index (χ3n) is 3.42. The average molecular weight is 290 g/mol. The molecule has 0 aliphatic rings. The molecule has 1 aromatic heterocycles. The van der Waals surface area contributed by atoms with Crippen molar-refractivity contribution in [2.75, 3.05) is 14.2 Å². The maximum atomic E-state index is 5.55. The number of hydrogen-bond donors (Lipinski definition) is 1. The first-order chi connectivity index (χ1) is 10.0. The van der Waals surface area contributed by atoms with Crippen molar-refractivity contribution in [1.29, 1.82) is 0 Å². The Bertz CT molecular complexity index is 595. The van der Waals surface area contributed by atoms with Gasteiger partial charge in [0.15, 0.2) is 0 Å². The quantitative estimate of drug-likeness (QED) is 0.883. The monoisotopic (exact) mass is 290 g/mol. The molecule has 2 atom stereocenters. The largest absolute Gasteiger partial charge is 0.497 e. The van der Waals surface area contributed by atoms with Gasteiger partial charge in [-0.25, -0.2) is 4.98 Å². The Morgan fingerprint density at radius 1 is 1.14 bits per heavy atom. The van der Waals surface area contributed by atoms with Crippen LogP contribution in [0.15, 0.2) is 28.8 Å². The maximum Gasteiger partial charge on any atom is 0.211 e. The van der Waals surface area contributed by atoms with Crippen molar-refractivity contribution >= 4 is 0 Å². The summed E-state index contributed by atoms with van der Waals surface area (Å²) in [6.07, 6.45) is 1.73. The van der Waals surface area contributed by atoms with E-state index in [-0.39, 0.29) is 12.1 Å². The van der Waals surface area contributed by atoms with Gasteiger partial charge in [-0.1, -0.05) is 6.07 Å². The fourth-order valence-corrected chi connectivity index (χ4v) is 2.28. The molecule has 1 heterocycles. The second-order valence-corrected chi connectivity index (χ2v) is 5.03. The molecule has 2 aromatic rings. The van der Waals surface area contributed by atoms with E-state index >= 15 is 0 Å². The molecule has 0 fully saturated rings. The van der Waals surface area contributed by atoms with Crippen molar-refractivity contribution < 1.29 is 13.9 Å². The molecule has 5 nitrogen and oxygen atoms in total. The summed E-state index contributed by atoms with van der Waals surface area (Å²) in [7, 11) is 3.30. The van der Waals surface area contributed by atoms with Crippen molar-refractivity contribution in [3.8, 4) is 11.5 Å². The smallest absolute Gasteiger partial charge is 0.211 e. The molecule has 1 N–H and O–H groups in total. The predicted molar refractivity (Wildman–Crippen MR) is 80.8 cm³/mol. The van der Waals surface area contributed by atoms with E-state index in [1.54, 1.807) is 20.4 Å². The van der Waals surface area contributed by atoms with Crippen LogP contribution in [0.4, 0.5) is 0 Å². The highest BCUT2D eigenvalue weighted by Crippen LogP contribution is 2.30. The molecule has 0 amide bonds. The van der Waals surface area contributed by atoms with E-state index in [1.807, 2.05) is 32.0 Å². The molecular weight excluding hydrogens is 268 g/mol. The van der Waals surface area contributed by atoms with Crippen molar-refractivity contribution in [1.82, 2.24) is 10.3 Å². The second kappa shape index (κ2) is 6.63. The molecule has 0 bridgehead atoms. The van der Waals surface area contributed by atoms with Crippen LogP contribution in [0, 0.1) is 6.92 Å². The van der Waals surface area contributed by atoms with Crippen molar-refractivity contribution in [3.05, 3.63) is 41.6 Å². The van der Waals surface area contributed by atoms with Crippen LogP contribution >= 0.6 is 0 Å². The second-order valence-electron chi connectivity index (χ2n) is 5.03. The Morgan fingerprint density at radius 3 is 2.48 bits per heavy atom. The third-order valence-corrected chi connectivity index (χ3v) is 3.42. The van der Waals surface area contributed by atoms with Gasteiger partial charge in [0.2, 0.25) is 5.89 Å². The maximum absolute atomic E-state index is 5.55. The summed E-state index contributed by atoms with van der Waals surface area (Å²) in [5.41, 5.74) is 1.06. The Labute approximate surface area is 125 Å². The van der Waals surface area contributed by atoms with Crippen LogP contribution in [0.3, 0.4) is 0 Å². The van der Waals surface area contributed by atoms with E-state index in [0.29, 0.717) is 5.89 Å². The van der Waals surface area contributed by atoms with Gasteiger partial charge in [-0.3, -0.25) is 5.32 Å². The molecule has 0 spiro atoms. The molecule has 2 unspecified atom stereocenters. The van der Waals surface area contributed by atoms with Gasteiger partial charge in [-0.15, -0.1) is 0 Å². The lowest BCUT2D eigenvalue weighted by Gasteiger charge is -2.20. The van der Waals surface area contributed by atoms with Gasteiger partial charge >= 0.3 is 0 Å². The summed E-state index contributed by atoms with van der Waals surface area (Å²) in [5, 5.41) is 3.46. The number of aromatic nitrogens is 1. The third kappa shape index (κ3) is 3.55. The minimum Gasteiger partial charge on any atom is -0.497 e. The number of ether oxygens (including phenoxy) is 2. The predicted octanol–water partition coefficient (Wildman–Crippen LogP) is 3.41. The van der Waals surface area contributed by atoms with Crippen LogP contribution < -0.4 is 14.8 Å². The number of aryl methyl sites for hydroxylation is 1. The van der Waals surface area contributed by atoms with Gasteiger partial charge in [-0.2, -0.15) is 0 Å². The zero-order valence-corrected chi connectivity index (χ0v) is 13.1. The Morgan fingerprint density at radius 2 is 1.90 bits per heavy atom. The van der Waals surface area contributed by atoms with Gasteiger partial charge in [0.1, 0.15) is 17.3 Å². The Balaban J connectivity index is 2.14. The van der Waals surface area contributed by atoms with Gasteiger partial charge in [0.05, 0.1) is 26.5 Å². The summed E-state index contributed by atoms with van der Waals surface area (Å²) in [6.45, 7) is 5.99. The molecule has 1 aromatic carbocycles. The summed E-state index contributed by atoms with van der Waals surface area (Å²) in [6, 6.07) is 5.92. The molecule has 0 aliphatic carbocycles. The zero-order chi connectivity index (χ0) is 15.4. The first-order valence-electron chi connectivity index (χ1n) is 6.95. The van der Waals surface area contributed by atoms with Crippen LogP contribution in [0.2, 0.25) is 0 Å². The van der Waals surface area contributed by atoms with Gasteiger partial charge in [0.25, 0.3) is 0 Å². The number of hydrogen-bond acceptors (Lipinski definition) is 5. The summed E-state index contributed by atoms with van der Waals surface area (Å²) >= 11 is 0. The highest BCUT2D eigenvalue weighted by Gasteiger charge is 2.18.